The van der Waals surface area contributed by atoms with Crippen LogP contribution in [-0.2, 0) is 0 Å². The fourth-order valence-corrected chi connectivity index (χ4v) is 3.16. The molecule has 1 aliphatic heterocycles. The molecule has 0 aromatic heterocycles. The van der Waals surface area contributed by atoms with Crippen molar-refractivity contribution in [2.75, 3.05) is 36.9 Å². The molecule has 1 aromatic rings. The van der Waals surface area contributed by atoms with Crippen molar-refractivity contribution >= 4 is 17.4 Å². The van der Waals surface area contributed by atoms with E-state index in [0.29, 0.717) is 11.9 Å². The van der Waals surface area contributed by atoms with Crippen LogP contribution in [0.4, 0.5) is 5.69 Å². The molecule has 94 valence electrons. The summed E-state index contributed by atoms with van der Waals surface area (Å²) in [6, 6.07) is 8.26. The first-order valence-corrected chi connectivity index (χ1v) is 7.18. The first kappa shape index (κ1) is 12.6. The quantitative estimate of drug-likeness (QED) is 0.889. The van der Waals surface area contributed by atoms with E-state index in [-0.39, 0.29) is 0 Å². The molecular formula is C13H20N2OS. The van der Waals surface area contributed by atoms with Gasteiger partial charge in [-0.3, -0.25) is 0 Å². The summed E-state index contributed by atoms with van der Waals surface area (Å²) in [5.74, 6) is 2.13. The predicted octanol–water partition coefficient (Wildman–Crippen LogP) is 1.97. The zero-order valence-corrected chi connectivity index (χ0v) is 11.1. The Morgan fingerprint density at radius 3 is 3.06 bits per heavy atom. The van der Waals surface area contributed by atoms with Crippen LogP contribution in [0.25, 0.3) is 0 Å². The van der Waals surface area contributed by atoms with Gasteiger partial charge < -0.3 is 15.4 Å². The number of hydrogen-bond donors (Lipinski definition) is 1. The van der Waals surface area contributed by atoms with E-state index >= 15 is 0 Å². The Balaban J connectivity index is 2.15. The Labute approximate surface area is 107 Å². The third kappa shape index (κ3) is 3.07. The zero-order valence-electron chi connectivity index (χ0n) is 10.3. The number of ether oxygens (including phenoxy) is 1. The molecule has 1 aromatic carbocycles. The van der Waals surface area contributed by atoms with Crippen LogP contribution in [0.2, 0.25) is 0 Å². The van der Waals surface area contributed by atoms with Gasteiger partial charge in [-0.05, 0) is 19.1 Å². The van der Waals surface area contributed by atoms with Crippen molar-refractivity contribution in [3.8, 4) is 5.75 Å². The van der Waals surface area contributed by atoms with E-state index in [0.717, 1.165) is 31.1 Å². The van der Waals surface area contributed by atoms with Crippen LogP contribution in [0.5, 0.6) is 5.75 Å². The molecule has 4 heteroatoms. The highest BCUT2D eigenvalue weighted by Crippen LogP contribution is 2.31. The molecule has 0 saturated carbocycles. The Bertz CT molecular complexity index is 359. The van der Waals surface area contributed by atoms with Crippen LogP contribution in [0.15, 0.2) is 24.3 Å². The lowest BCUT2D eigenvalue weighted by Crippen LogP contribution is -2.41. The number of thioether (sulfide) groups is 1. The molecule has 1 fully saturated rings. The molecule has 0 aliphatic carbocycles. The number of nitrogens with two attached hydrogens (primary N) is 1. The van der Waals surface area contributed by atoms with Crippen LogP contribution < -0.4 is 15.4 Å². The number of nitrogens with zero attached hydrogens (tertiary/aromatic N) is 1. The lowest BCUT2D eigenvalue weighted by molar-refractivity contribution is 0.340. The first-order chi connectivity index (χ1) is 8.35. The van der Waals surface area contributed by atoms with Gasteiger partial charge in [-0.1, -0.05) is 12.1 Å². The lowest BCUT2D eigenvalue weighted by atomic mass is 10.2. The topological polar surface area (TPSA) is 38.5 Å². The molecule has 1 unspecified atom stereocenters. The maximum Gasteiger partial charge on any atom is 0.142 e. The molecule has 0 bridgehead atoms. The van der Waals surface area contributed by atoms with Gasteiger partial charge in [0.1, 0.15) is 5.75 Å². The standard InChI is InChI=1S/C13H20N2OS/c1-2-16-13-6-4-3-5-12(13)15-7-8-17-11(9-14)10-15/h3-6,11H,2,7-10,14H2,1H3. The number of hydrogen-bond acceptors (Lipinski definition) is 4. The molecule has 1 saturated heterocycles. The maximum absolute atomic E-state index is 5.76. The second-order valence-corrected chi connectivity index (χ2v) is 5.48. The summed E-state index contributed by atoms with van der Waals surface area (Å²) in [6.07, 6.45) is 0. The lowest BCUT2D eigenvalue weighted by Gasteiger charge is -2.34. The van der Waals surface area contributed by atoms with Crippen LogP contribution in [0.3, 0.4) is 0 Å². The van der Waals surface area contributed by atoms with E-state index in [1.165, 1.54) is 5.69 Å². The first-order valence-electron chi connectivity index (χ1n) is 6.13. The average molecular weight is 252 g/mol. The second kappa shape index (κ2) is 6.17. The van der Waals surface area contributed by atoms with E-state index in [1.54, 1.807) is 0 Å². The monoisotopic (exact) mass is 252 g/mol. The Morgan fingerprint density at radius 1 is 1.47 bits per heavy atom. The molecule has 0 spiro atoms. The number of rotatable bonds is 4. The van der Waals surface area contributed by atoms with E-state index in [9.17, 15) is 0 Å². The van der Waals surface area contributed by atoms with E-state index in [2.05, 4.69) is 17.0 Å². The summed E-state index contributed by atoms with van der Waals surface area (Å²) in [7, 11) is 0. The number of benzene rings is 1. The van der Waals surface area contributed by atoms with Gasteiger partial charge in [0.25, 0.3) is 0 Å². The molecule has 1 heterocycles. The predicted molar refractivity (Wildman–Crippen MR) is 75.1 cm³/mol. The van der Waals surface area contributed by atoms with Crippen LogP contribution in [-0.4, -0.2) is 37.2 Å². The molecule has 1 aliphatic rings. The average Bonchev–Trinajstić information content (AvgIpc) is 2.40. The highest BCUT2D eigenvalue weighted by Gasteiger charge is 2.21. The van der Waals surface area contributed by atoms with Gasteiger partial charge in [0, 0.05) is 30.6 Å². The molecule has 0 amide bonds. The van der Waals surface area contributed by atoms with Gasteiger partial charge in [-0.2, -0.15) is 11.8 Å². The minimum absolute atomic E-state index is 0.540. The van der Waals surface area contributed by atoms with Gasteiger partial charge in [0.15, 0.2) is 0 Å². The van der Waals surface area contributed by atoms with Crippen molar-refractivity contribution < 1.29 is 4.74 Å². The molecule has 0 radical (unpaired) electrons. The summed E-state index contributed by atoms with van der Waals surface area (Å²) in [5, 5.41) is 0.540. The van der Waals surface area contributed by atoms with E-state index in [4.69, 9.17) is 10.5 Å². The summed E-state index contributed by atoms with van der Waals surface area (Å²) >= 11 is 1.97. The van der Waals surface area contributed by atoms with Crippen molar-refractivity contribution in [2.45, 2.75) is 12.2 Å². The molecule has 2 N–H and O–H groups in total. The molecule has 2 rings (SSSR count). The SMILES string of the molecule is CCOc1ccccc1N1CCSC(CN)C1. The highest BCUT2D eigenvalue weighted by molar-refractivity contribution is 8.00. The van der Waals surface area contributed by atoms with Crippen LogP contribution >= 0.6 is 11.8 Å². The molecule has 17 heavy (non-hydrogen) atoms. The van der Waals surface area contributed by atoms with Gasteiger partial charge in [-0.25, -0.2) is 0 Å². The van der Waals surface area contributed by atoms with Gasteiger partial charge >= 0.3 is 0 Å². The fraction of sp³-hybridized carbons (Fsp3) is 0.538. The van der Waals surface area contributed by atoms with Crippen molar-refractivity contribution in [3.63, 3.8) is 0 Å². The van der Waals surface area contributed by atoms with Crippen molar-refractivity contribution in [3.05, 3.63) is 24.3 Å². The Kier molecular flexibility index (Phi) is 4.57. The van der Waals surface area contributed by atoms with Crippen molar-refractivity contribution in [1.29, 1.82) is 0 Å². The summed E-state index contributed by atoms with van der Waals surface area (Å²) in [5.41, 5.74) is 6.96. The number of anilines is 1. The van der Waals surface area contributed by atoms with Gasteiger partial charge in [0.2, 0.25) is 0 Å². The van der Waals surface area contributed by atoms with Gasteiger partial charge in [0.05, 0.1) is 12.3 Å². The van der Waals surface area contributed by atoms with Crippen LogP contribution in [0, 0.1) is 0 Å². The Hall–Kier alpha value is -0.870. The minimum atomic E-state index is 0.540. The molecule has 1 atom stereocenters. The van der Waals surface area contributed by atoms with E-state index in [1.807, 2.05) is 30.8 Å². The van der Waals surface area contributed by atoms with Crippen molar-refractivity contribution in [2.24, 2.45) is 5.73 Å². The largest absolute Gasteiger partial charge is 0.492 e. The molecular weight excluding hydrogens is 232 g/mol. The normalized spacial score (nSPS) is 20.4. The Morgan fingerprint density at radius 2 is 2.29 bits per heavy atom. The highest BCUT2D eigenvalue weighted by atomic mass is 32.2. The molecule has 3 nitrogen and oxygen atoms in total. The van der Waals surface area contributed by atoms with Crippen LogP contribution in [0.1, 0.15) is 6.92 Å². The summed E-state index contributed by atoms with van der Waals surface area (Å²) in [4.78, 5) is 2.39. The third-order valence-corrected chi connectivity index (χ3v) is 4.14. The minimum Gasteiger partial charge on any atom is -0.492 e. The van der Waals surface area contributed by atoms with Crippen molar-refractivity contribution in [1.82, 2.24) is 0 Å². The van der Waals surface area contributed by atoms with E-state index < -0.39 is 0 Å². The smallest absolute Gasteiger partial charge is 0.142 e. The third-order valence-electron chi connectivity index (χ3n) is 2.91. The number of para-hydroxylation sites is 2. The summed E-state index contributed by atoms with van der Waals surface area (Å²) in [6.45, 7) is 5.57. The second-order valence-electron chi connectivity index (χ2n) is 4.08. The fourth-order valence-electron chi connectivity index (χ4n) is 2.08. The zero-order chi connectivity index (χ0) is 12.1. The maximum atomic E-state index is 5.76. The summed E-state index contributed by atoms with van der Waals surface area (Å²) < 4.78 is 5.68. The van der Waals surface area contributed by atoms with Gasteiger partial charge in [-0.15, -0.1) is 0 Å².